The van der Waals surface area contributed by atoms with E-state index in [-0.39, 0.29) is 5.95 Å². The van der Waals surface area contributed by atoms with Crippen LogP contribution in [-0.4, -0.2) is 9.97 Å². The van der Waals surface area contributed by atoms with E-state index in [1.54, 1.807) is 0 Å². The Bertz CT molecular complexity index is 736. The minimum absolute atomic E-state index is 0.241. The largest absolute Gasteiger partial charge is 0.368 e. The Balaban J connectivity index is 2.18. The third-order valence-electron chi connectivity index (χ3n) is 3.31. The van der Waals surface area contributed by atoms with Gasteiger partial charge in [0.15, 0.2) is 0 Å². The van der Waals surface area contributed by atoms with Gasteiger partial charge in [-0.2, -0.15) is 0 Å². The van der Waals surface area contributed by atoms with E-state index in [0.717, 1.165) is 28.1 Å². The van der Waals surface area contributed by atoms with Crippen LogP contribution in [0.25, 0.3) is 22.5 Å². The molecule has 104 valence electrons. The molecule has 2 aromatic carbocycles. The second-order valence-corrected chi connectivity index (χ2v) is 5.20. The average Bonchev–Trinajstić information content (AvgIpc) is 2.47. The number of hydrogen-bond donors (Lipinski definition) is 1. The number of nitrogens with two attached hydrogens (primary N) is 1. The fourth-order valence-electron chi connectivity index (χ4n) is 2.27. The number of benzene rings is 2. The second-order valence-electron chi connectivity index (χ2n) is 4.79. The van der Waals surface area contributed by atoms with Gasteiger partial charge in [0.05, 0.1) is 11.4 Å². The van der Waals surface area contributed by atoms with Crippen LogP contribution in [0.4, 0.5) is 5.95 Å². The van der Waals surface area contributed by atoms with Gasteiger partial charge in [-0.05, 0) is 24.6 Å². The molecule has 0 aliphatic rings. The quantitative estimate of drug-likeness (QED) is 0.764. The van der Waals surface area contributed by atoms with E-state index in [1.807, 2.05) is 61.5 Å². The smallest absolute Gasteiger partial charge is 0.221 e. The van der Waals surface area contributed by atoms with Crippen LogP contribution in [0.2, 0.25) is 5.02 Å². The third-order valence-corrected chi connectivity index (χ3v) is 3.64. The Morgan fingerprint density at radius 3 is 2.10 bits per heavy atom. The van der Waals surface area contributed by atoms with Crippen LogP contribution in [0.1, 0.15) is 5.56 Å². The van der Waals surface area contributed by atoms with Crippen LogP contribution >= 0.6 is 11.6 Å². The molecule has 0 radical (unpaired) electrons. The van der Waals surface area contributed by atoms with Crippen LogP contribution in [0.15, 0.2) is 54.6 Å². The number of anilines is 1. The molecule has 3 rings (SSSR count). The summed E-state index contributed by atoms with van der Waals surface area (Å²) in [5, 5.41) is 0.645. The van der Waals surface area contributed by atoms with Crippen molar-refractivity contribution in [3.63, 3.8) is 0 Å². The Morgan fingerprint density at radius 2 is 1.43 bits per heavy atom. The highest BCUT2D eigenvalue weighted by Crippen LogP contribution is 2.30. The summed E-state index contributed by atoms with van der Waals surface area (Å²) in [5.41, 5.74) is 10.4. The molecule has 0 atom stereocenters. The van der Waals surface area contributed by atoms with Gasteiger partial charge in [0.1, 0.15) is 0 Å². The number of nitrogen functional groups attached to an aromatic ring is 1. The number of halogens is 1. The van der Waals surface area contributed by atoms with E-state index >= 15 is 0 Å². The summed E-state index contributed by atoms with van der Waals surface area (Å²) >= 11 is 6.24. The SMILES string of the molecule is Cc1ccccc1-c1cc(-c2ccccc2Cl)nc(N)n1. The first-order valence-electron chi connectivity index (χ1n) is 6.60. The fourth-order valence-corrected chi connectivity index (χ4v) is 2.50. The van der Waals surface area contributed by atoms with E-state index in [4.69, 9.17) is 17.3 Å². The Labute approximate surface area is 128 Å². The second kappa shape index (κ2) is 5.54. The summed E-state index contributed by atoms with van der Waals surface area (Å²) in [6, 6.07) is 17.5. The van der Waals surface area contributed by atoms with Gasteiger partial charge >= 0.3 is 0 Å². The molecule has 0 amide bonds. The highest BCUT2D eigenvalue weighted by atomic mass is 35.5. The summed E-state index contributed by atoms with van der Waals surface area (Å²) in [4.78, 5) is 8.65. The van der Waals surface area contributed by atoms with Crippen LogP contribution in [-0.2, 0) is 0 Å². The number of rotatable bonds is 2. The Kier molecular flexibility index (Phi) is 3.59. The molecule has 1 aromatic heterocycles. The van der Waals surface area contributed by atoms with Crippen molar-refractivity contribution in [3.8, 4) is 22.5 Å². The minimum atomic E-state index is 0.241. The van der Waals surface area contributed by atoms with Crippen molar-refractivity contribution >= 4 is 17.5 Å². The molecule has 21 heavy (non-hydrogen) atoms. The topological polar surface area (TPSA) is 51.8 Å². The van der Waals surface area contributed by atoms with Gasteiger partial charge in [-0.15, -0.1) is 0 Å². The van der Waals surface area contributed by atoms with Gasteiger partial charge in [0.25, 0.3) is 0 Å². The molecule has 0 saturated heterocycles. The molecule has 0 aliphatic carbocycles. The zero-order valence-corrected chi connectivity index (χ0v) is 12.3. The average molecular weight is 296 g/mol. The molecular weight excluding hydrogens is 282 g/mol. The highest BCUT2D eigenvalue weighted by Gasteiger charge is 2.10. The van der Waals surface area contributed by atoms with Crippen molar-refractivity contribution in [2.75, 3.05) is 5.73 Å². The molecule has 0 saturated carbocycles. The molecule has 0 aliphatic heterocycles. The fraction of sp³-hybridized carbons (Fsp3) is 0.0588. The van der Waals surface area contributed by atoms with E-state index < -0.39 is 0 Å². The molecule has 3 nitrogen and oxygen atoms in total. The van der Waals surface area contributed by atoms with Crippen LogP contribution in [0.5, 0.6) is 0 Å². The van der Waals surface area contributed by atoms with Gasteiger partial charge in [-0.1, -0.05) is 54.1 Å². The molecule has 3 aromatic rings. The van der Waals surface area contributed by atoms with Gasteiger partial charge in [-0.3, -0.25) is 0 Å². The van der Waals surface area contributed by atoms with Crippen LogP contribution in [0, 0.1) is 6.92 Å². The van der Waals surface area contributed by atoms with Crippen LogP contribution in [0.3, 0.4) is 0 Å². The first kappa shape index (κ1) is 13.6. The lowest BCUT2D eigenvalue weighted by Gasteiger charge is -2.09. The summed E-state index contributed by atoms with van der Waals surface area (Å²) in [6.45, 7) is 2.04. The Morgan fingerprint density at radius 1 is 0.857 bits per heavy atom. The van der Waals surface area contributed by atoms with Crippen molar-refractivity contribution < 1.29 is 0 Å². The van der Waals surface area contributed by atoms with E-state index in [1.165, 1.54) is 0 Å². The van der Waals surface area contributed by atoms with Gasteiger partial charge < -0.3 is 5.73 Å². The zero-order valence-electron chi connectivity index (χ0n) is 11.5. The summed E-state index contributed by atoms with van der Waals surface area (Å²) in [5.74, 6) is 0.241. The standard InChI is InChI=1S/C17H14ClN3/c1-11-6-2-3-7-12(11)15-10-16(21-17(19)20-15)13-8-4-5-9-14(13)18/h2-10H,1H3,(H2,19,20,21). The number of hydrogen-bond acceptors (Lipinski definition) is 3. The molecule has 1 heterocycles. The molecule has 0 spiro atoms. The van der Waals surface area contributed by atoms with Crippen molar-refractivity contribution in [1.82, 2.24) is 9.97 Å². The predicted molar refractivity (Wildman–Crippen MR) is 87.1 cm³/mol. The lowest BCUT2D eigenvalue weighted by molar-refractivity contribution is 1.19. The summed E-state index contributed by atoms with van der Waals surface area (Å²) in [6.07, 6.45) is 0. The molecule has 4 heteroatoms. The van der Waals surface area contributed by atoms with Gasteiger partial charge in [-0.25, -0.2) is 9.97 Å². The molecular formula is C17H14ClN3. The monoisotopic (exact) mass is 295 g/mol. The van der Waals surface area contributed by atoms with Crippen molar-refractivity contribution in [2.24, 2.45) is 0 Å². The van der Waals surface area contributed by atoms with Gasteiger partial charge in [0.2, 0.25) is 5.95 Å². The third kappa shape index (κ3) is 2.73. The van der Waals surface area contributed by atoms with Crippen molar-refractivity contribution in [1.29, 1.82) is 0 Å². The molecule has 2 N–H and O–H groups in total. The van der Waals surface area contributed by atoms with Gasteiger partial charge in [0, 0.05) is 16.1 Å². The summed E-state index contributed by atoms with van der Waals surface area (Å²) < 4.78 is 0. The van der Waals surface area contributed by atoms with Crippen molar-refractivity contribution in [3.05, 3.63) is 65.2 Å². The number of aryl methyl sites for hydroxylation is 1. The first-order valence-corrected chi connectivity index (χ1v) is 6.98. The lowest BCUT2D eigenvalue weighted by atomic mass is 10.0. The normalized spacial score (nSPS) is 10.6. The zero-order chi connectivity index (χ0) is 14.8. The van der Waals surface area contributed by atoms with E-state index in [9.17, 15) is 0 Å². The number of nitrogens with zero attached hydrogens (tertiary/aromatic N) is 2. The summed E-state index contributed by atoms with van der Waals surface area (Å²) in [7, 11) is 0. The molecule has 0 bridgehead atoms. The van der Waals surface area contributed by atoms with E-state index in [0.29, 0.717) is 5.02 Å². The Hall–Kier alpha value is -2.39. The van der Waals surface area contributed by atoms with Crippen LogP contribution < -0.4 is 5.73 Å². The van der Waals surface area contributed by atoms with E-state index in [2.05, 4.69) is 9.97 Å². The predicted octanol–water partition coefficient (Wildman–Crippen LogP) is 4.35. The highest BCUT2D eigenvalue weighted by molar-refractivity contribution is 6.33. The molecule has 0 fully saturated rings. The molecule has 0 unspecified atom stereocenters. The van der Waals surface area contributed by atoms with Crippen molar-refractivity contribution in [2.45, 2.75) is 6.92 Å². The lowest BCUT2D eigenvalue weighted by Crippen LogP contribution is -1.99. The number of aromatic nitrogens is 2. The maximum absolute atomic E-state index is 6.24. The maximum Gasteiger partial charge on any atom is 0.221 e. The maximum atomic E-state index is 6.24. The first-order chi connectivity index (χ1) is 10.1. The minimum Gasteiger partial charge on any atom is -0.368 e.